The van der Waals surface area contributed by atoms with Crippen molar-refractivity contribution in [3.8, 4) is 0 Å². The summed E-state index contributed by atoms with van der Waals surface area (Å²) in [5.74, 6) is 0. The lowest BCUT2D eigenvalue weighted by Crippen LogP contribution is -2.23. The molecule has 2 heterocycles. The molecule has 5 nitrogen and oxygen atoms in total. The number of methoxy groups -OCH3 is 1. The zero-order chi connectivity index (χ0) is 21.1. The Bertz CT molecular complexity index is 965. The summed E-state index contributed by atoms with van der Waals surface area (Å²) in [4.78, 5) is 9.18. The monoisotopic (exact) mass is 428 g/mol. The predicted octanol–water partition coefficient (Wildman–Crippen LogP) is 5.22. The molecule has 0 spiro atoms. The van der Waals surface area contributed by atoms with E-state index in [0.717, 1.165) is 0 Å². The van der Waals surface area contributed by atoms with Crippen LogP contribution in [0.4, 0.5) is 28.9 Å². The van der Waals surface area contributed by atoms with Gasteiger partial charge in [0, 0.05) is 18.4 Å². The second kappa shape index (κ2) is 9.02. The molecule has 3 rings (SSSR count). The van der Waals surface area contributed by atoms with Crippen molar-refractivity contribution in [2.75, 3.05) is 19.5 Å². The van der Waals surface area contributed by atoms with E-state index >= 15 is 0 Å². The van der Waals surface area contributed by atoms with Crippen molar-refractivity contribution < 1.29 is 22.3 Å². The largest absolute Gasteiger partial charge is 0.371 e. The van der Waals surface area contributed by atoms with Crippen LogP contribution in [0.2, 0.25) is 0 Å². The summed E-state index contributed by atoms with van der Waals surface area (Å²) in [5, 5.41) is 6.30. The number of pyridine rings is 1. The van der Waals surface area contributed by atoms with Crippen LogP contribution in [0.25, 0.3) is 10.3 Å². The average Bonchev–Trinajstić information content (AvgIpc) is 3.05. The highest BCUT2D eigenvalue weighted by molar-refractivity contribution is 7.18. The van der Waals surface area contributed by atoms with E-state index in [-0.39, 0.29) is 5.56 Å². The third-order valence-corrected chi connectivity index (χ3v) is 5.33. The van der Waals surface area contributed by atoms with E-state index < -0.39 is 25.0 Å². The van der Waals surface area contributed by atoms with Crippen LogP contribution < -0.4 is 10.6 Å². The molecule has 156 valence electrons. The van der Waals surface area contributed by atoms with Gasteiger partial charge in [-0.25, -0.2) is 27.5 Å². The number of anilines is 2. The lowest BCUT2D eigenvalue weighted by Gasteiger charge is -2.20. The Kier molecular flexibility index (Phi) is 6.66. The quantitative estimate of drug-likeness (QED) is 0.482. The highest BCUT2D eigenvalue weighted by atomic mass is 32.1. The van der Waals surface area contributed by atoms with Crippen LogP contribution in [0.15, 0.2) is 30.5 Å². The summed E-state index contributed by atoms with van der Waals surface area (Å²) in [6.45, 7) is 1.77. The minimum Gasteiger partial charge on any atom is -0.371 e. The molecule has 29 heavy (non-hydrogen) atoms. The molecule has 0 aliphatic heterocycles. The molecule has 0 bridgehead atoms. The SMILES string of the molecule is CN[C@@H](c1ccc(Nc2cnc3sc(C)nc3c2[C@H](OC)C(F)F)cc1)C(F)F. The molecule has 0 saturated carbocycles. The second-order valence-electron chi connectivity index (χ2n) is 6.31. The normalized spacial score (nSPS) is 14.0. The van der Waals surface area contributed by atoms with Crippen molar-refractivity contribution in [2.24, 2.45) is 0 Å². The van der Waals surface area contributed by atoms with Crippen molar-refractivity contribution in [1.29, 1.82) is 0 Å². The Morgan fingerprint density at radius 2 is 1.76 bits per heavy atom. The minimum absolute atomic E-state index is 0.210. The summed E-state index contributed by atoms with van der Waals surface area (Å²) >= 11 is 1.30. The zero-order valence-electron chi connectivity index (χ0n) is 15.9. The number of nitrogens with zero attached hydrogens (tertiary/aromatic N) is 2. The number of fused-ring (bicyclic) bond motifs is 1. The molecule has 0 amide bonds. The van der Waals surface area contributed by atoms with Gasteiger partial charge in [-0.15, -0.1) is 0 Å². The molecule has 10 heteroatoms. The van der Waals surface area contributed by atoms with Crippen molar-refractivity contribution in [3.05, 3.63) is 46.6 Å². The van der Waals surface area contributed by atoms with E-state index in [1.165, 1.54) is 31.7 Å². The average molecular weight is 428 g/mol. The van der Waals surface area contributed by atoms with Gasteiger partial charge in [-0.1, -0.05) is 23.5 Å². The van der Waals surface area contributed by atoms with Crippen molar-refractivity contribution in [1.82, 2.24) is 15.3 Å². The fourth-order valence-corrected chi connectivity index (χ4v) is 3.88. The lowest BCUT2D eigenvalue weighted by atomic mass is 10.1. The van der Waals surface area contributed by atoms with Crippen LogP contribution in [-0.4, -0.2) is 37.0 Å². The number of thiazole rings is 1. The van der Waals surface area contributed by atoms with Crippen LogP contribution in [0.1, 0.15) is 28.3 Å². The number of nitrogens with one attached hydrogen (secondary N) is 2. The zero-order valence-corrected chi connectivity index (χ0v) is 16.7. The van der Waals surface area contributed by atoms with Gasteiger partial charge in [-0.2, -0.15) is 0 Å². The highest BCUT2D eigenvalue weighted by Crippen LogP contribution is 2.38. The van der Waals surface area contributed by atoms with Gasteiger partial charge in [0.05, 0.1) is 22.9 Å². The maximum Gasteiger partial charge on any atom is 0.268 e. The molecule has 0 unspecified atom stereocenters. The van der Waals surface area contributed by atoms with Gasteiger partial charge in [-0.3, -0.25) is 0 Å². The Balaban J connectivity index is 1.99. The van der Waals surface area contributed by atoms with E-state index in [9.17, 15) is 17.6 Å². The maximum absolute atomic E-state index is 13.6. The molecule has 0 aliphatic carbocycles. The molecule has 0 saturated heterocycles. The topological polar surface area (TPSA) is 59.1 Å². The van der Waals surface area contributed by atoms with E-state index in [4.69, 9.17) is 4.74 Å². The lowest BCUT2D eigenvalue weighted by molar-refractivity contribution is -0.0332. The molecular weight excluding hydrogens is 408 g/mol. The van der Waals surface area contributed by atoms with Gasteiger partial charge in [0.25, 0.3) is 12.9 Å². The molecule has 2 aromatic heterocycles. The van der Waals surface area contributed by atoms with Gasteiger partial charge in [0.1, 0.15) is 16.5 Å². The number of hydrogen-bond acceptors (Lipinski definition) is 6. The fourth-order valence-electron chi connectivity index (χ4n) is 3.10. The summed E-state index contributed by atoms with van der Waals surface area (Å²) in [7, 11) is 2.67. The Morgan fingerprint density at radius 1 is 1.07 bits per heavy atom. The van der Waals surface area contributed by atoms with E-state index in [2.05, 4.69) is 20.6 Å². The first-order chi connectivity index (χ1) is 13.8. The van der Waals surface area contributed by atoms with Crippen LogP contribution in [0, 0.1) is 6.92 Å². The number of aryl methyl sites for hydroxylation is 1. The summed E-state index contributed by atoms with van der Waals surface area (Å²) in [6.07, 6.45) is -5.36. The minimum atomic E-state index is -2.77. The van der Waals surface area contributed by atoms with E-state index in [1.807, 2.05) is 0 Å². The number of alkyl halides is 4. The van der Waals surface area contributed by atoms with Crippen LogP contribution in [-0.2, 0) is 4.74 Å². The van der Waals surface area contributed by atoms with Gasteiger partial charge in [0.2, 0.25) is 0 Å². The number of halogens is 4. The first-order valence-electron chi connectivity index (χ1n) is 8.75. The predicted molar refractivity (Wildman–Crippen MR) is 105 cm³/mol. The highest BCUT2D eigenvalue weighted by Gasteiger charge is 2.29. The first-order valence-corrected chi connectivity index (χ1v) is 9.56. The van der Waals surface area contributed by atoms with Crippen LogP contribution in [0.5, 0.6) is 0 Å². The molecule has 1 aromatic carbocycles. The van der Waals surface area contributed by atoms with Crippen LogP contribution in [0.3, 0.4) is 0 Å². The molecular formula is C19H20F4N4OS. The number of benzene rings is 1. The third kappa shape index (κ3) is 4.49. The summed E-state index contributed by atoms with van der Waals surface area (Å²) in [6, 6.07) is 5.22. The smallest absolute Gasteiger partial charge is 0.268 e. The Morgan fingerprint density at radius 3 is 2.31 bits per heavy atom. The third-order valence-electron chi connectivity index (χ3n) is 4.45. The van der Waals surface area contributed by atoms with Crippen molar-refractivity contribution in [3.63, 3.8) is 0 Å². The number of aromatic nitrogens is 2. The van der Waals surface area contributed by atoms with Crippen LogP contribution >= 0.6 is 11.3 Å². The fraction of sp³-hybridized carbons (Fsp3) is 0.368. The standard InChI is InChI=1S/C19H20F4N4OS/c1-9-26-15-13(16(28-3)18(22)23)12(8-25-19(15)29-9)27-11-6-4-10(5-7-11)14(24-2)17(20)21/h4-8,14,16-18,24,27H,1-3H3/t14-,16-/m0/s1. The molecule has 2 N–H and O–H groups in total. The van der Waals surface area contributed by atoms with E-state index in [0.29, 0.717) is 32.3 Å². The second-order valence-corrected chi connectivity index (χ2v) is 7.49. The summed E-state index contributed by atoms with van der Waals surface area (Å²) < 4.78 is 58.4. The van der Waals surface area contributed by atoms with Crippen molar-refractivity contribution in [2.45, 2.75) is 31.9 Å². The van der Waals surface area contributed by atoms with Gasteiger partial charge in [0.15, 0.2) is 0 Å². The van der Waals surface area contributed by atoms with E-state index in [1.54, 1.807) is 31.2 Å². The van der Waals surface area contributed by atoms with Gasteiger partial charge in [-0.05, 0) is 31.7 Å². The summed E-state index contributed by atoms with van der Waals surface area (Å²) in [5.41, 5.74) is 1.84. The number of ether oxygens (including phenoxy) is 1. The molecule has 3 aromatic rings. The number of rotatable bonds is 8. The molecule has 0 fully saturated rings. The molecule has 2 atom stereocenters. The molecule has 0 radical (unpaired) electrons. The van der Waals surface area contributed by atoms with Crippen molar-refractivity contribution >= 4 is 33.1 Å². The Hall–Kier alpha value is -2.30. The number of hydrogen-bond donors (Lipinski definition) is 2. The van der Waals surface area contributed by atoms with Gasteiger partial charge >= 0.3 is 0 Å². The first kappa shape index (κ1) is 21.4. The Labute approximate surface area is 169 Å². The molecule has 0 aliphatic rings. The van der Waals surface area contributed by atoms with Gasteiger partial charge < -0.3 is 15.4 Å². The maximum atomic E-state index is 13.6.